The molecule has 174 valence electrons. The van der Waals surface area contributed by atoms with Crippen molar-refractivity contribution in [1.29, 1.82) is 0 Å². The monoisotopic (exact) mass is 452 g/mol. The number of hydrogen-bond donors (Lipinski definition) is 0. The van der Waals surface area contributed by atoms with Crippen molar-refractivity contribution in [3.05, 3.63) is 24.1 Å². The summed E-state index contributed by atoms with van der Waals surface area (Å²) in [6.45, 7) is 3.47. The Labute approximate surface area is 178 Å². The molecule has 1 rings (SSSR count). The summed E-state index contributed by atoms with van der Waals surface area (Å²) in [6.07, 6.45) is 23.6. The first-order chi connectivity index (χ1) is 14.1. The van der Waals surface area contributed by atoms with Gasteiger partial charge >= 0.3 is 5.51 Å². The second-order valence-electron chi connectivity index (χ2n) is 7.32. The van der Waals surface area contributed by atoms with Crippen LogP contribution in [0.5, 0.6) is 0 Å². The first-order valence-corrected chi connectivity index (χ1v) is 12.0. The molecule has 0 aliphatic carbocycles. The molecule has 0 aliphatic heterocycles. The zero-order valence-electron chi connectivity index (χ0n) is 18.1. The van der Waals surface area contributed by atoms with E-state index in [1.54, 1.807) is 4.40 Å². The predicted molar refractivity (Wildman–Crippen MR) is 112 cm³/mol. The van der Waals surface area contributed by atoms with Crippen LogP contribution in [0.1, 0.15) is 84.0 Å². The maximum Gasteiger partial charge on any atom is 0.500 e. The lowest BCUT2D eigenvalue weighted by atomic mass is 10.1. The number of aryl methyl sites for hydroxylation is 2. The molecule has 0 radical (unpaired) electrons. The molecule has 0 atom stereocenters. The van der Waals surface area contributed by atoms with E-state index in [1.165, 1.54) is 83.6 Å². The average Bonchev–Trinajstić information content (AvgIpc) is 3.07. The van der Waals surface area contributed by atoms with Crippen molar-refractivity contribution in [3.8, 4) is 0 Å². The SMILES string of the molecule is CCCCCCCCCCCCCCn1cc[n+](C)c1.[N-]=C=NS(=O)(=O)C(F)(F)F. The van der Waals surface area contributed by atoms with E-state index >= 15 is 0 Å². The first kappa shape index (κ1) is 28.3. The Bertz CT molecular complexity index is 712. The Morgan fingerprint density at radius 3 is 1.77 bits per heavy atom. The van der Waals surface area contributed by atoms with Crippen LogP contribution in [0.4, 0.5) is 13.2 Å². The fourth-order valence-electron chi connectivity index (χ4n) is 2.87. The standard InChI is InChI=1S/C18H35N2.C2F3N2O2S/c1-3-4-5-6-7-8-9-10-11-12-13-14-15-20-17-16-19(2)18-20;3-2(4,5)10(8,9)7-1-6/h16-18H,3-15H2,1-2H3;/q+1;-1. The van der Waals surface area contributed by atoms with Crippen molar-refractivity contribution in [2.24, 2.45) is 11.4 Å². The molecule has 0 spiro atoms. The third-order valence-electron chi connectivity index (χ3n) is 4.55. The van der Waals surface area contributed by atoms with E-state index in [9.17, 15) is 21.6 Å². The molecule has 0 unspecified atom stereocenters. The smallest absolute Gasteiger partial charge is 0.422 e. The first-order valence-electron chi connectivity index (χ1n) is 10.6. The van der Waals surface area contributed by atoms with Crippen LogP contribution >= 0.6 is 0 Å². The van der Waals surface area contributed by atoms with Gasteiger partial charge in [-0.25, -0.2) is 17.6 Å². The summed E-state index contributed by atoms with van der Waals surface area (Å²) in [6, 6.07) is 0.532. The zero-order chi connectivity index (χ0) is 22.9. The Hall–Kier alpha value is -1.67. The molecule has 0 amide bonds. The van der Waals surface area contributed by atoms with Crippen LogP contribution in [0.25, 0.3) is 5.41 Å². The van der Waals surface area contributed by atoms with E-state index in [4.69, 9.17) is 5.41 Å². The van der Waals surface area contributed by atoms with Gasteiger partial charge in [-0.3, -0.25) is 0 Å². The maximum absolute atomic E-state index is 11.2. The van der Waals surface area contributed by atoms with E-state index in [0.717, 1.165) is 0 Å². The van der Waals surface area contributed by atoms with Gasteiger partial charge in [0.05, 0.1) is 13.6 Å². The quantitative estimate of drug-likeness (QED) is 0.209. The lowest BCUT2D eigenvalue weighted by molar-refractivity contribution is -0.671. The fraction of sp³-hybridized carbons (Fsp3) is 0.800. The highest BCUT2D eigenvalue weighted by Gasteiger charge is 2.41. The van der Waals surface area contributed by atoms with Gasteiger partial charge in [-0.1, -0.05) is 71.1 Å². The number of rotatable bonds is 14. The van der Waals surface area contributed by atoms with Crippen molar-refractivity contribution in [2.45, 2.75) is 96.0 Å². The molecule has 0 N–H and O–H groups in total. The molecule has 1 heterocycles. The molecular weight excluding hydrogens is 417 g/mol. The summed E-state index contributed by atoms with van der Waals surface area (Å²) in [7, 11) is -3.50. The van der Waals surface area contributed by atoms with E-state index in [1.807, 2.05) is 0 Å². The van der Waals surface area contributed by atoms with Crippen LogP contribution < -0.4 is 4.57 Å². The van der Waals surface area contributed by atoms with Crippen molar-refractivity contribution in [2.75, 3.05) is 0 Å². The molecule has 1 aromatic rings. The Kier molecular flexibility index (Phi) is 15.2. The number of nitrogens with zero attached hydrogens (tertiary/aromatic N) is 4. The van der Waals surface area contributed by atoms with E-state index in [0.29, 0.717) is 6.01 Å². The van der Waals surface area contributed by atoms with Gasteiger partial charge in [-0.15, -0.1) is 6.01 Å². The number of hydrogen-bond acceptors (Lipinski definition) is 2. The van der Waals surface area contributed by atoms with Crippen LogP contribution in [-0.4, -0.2) is 24.5 Å². The van der Waals surface area contributed by atoms with Gasteiger partial charge in [0.25, 0.3) is 10.0 Å². The number of halogens is 3. The van der Waals surface area contributed by atoms with Crippen molar-refractivity contribution < 1.29 is 26.2 Å². The zero-order valence-corrected chi connectivity index (χ0v) is 18.9. The largest absolute Gasteiger partial charge is 0.500 e. The number of sulfonamides is 1. The van der Waals surface area contributed by atoms with E-state index in [-0.39, 0.29) is 0 Å². The third-order valence-corrected chi connectivity index (χ3v) is 5.45. The number of aromatic nitrogens is 2. The second kappa shape index (κ2) is 16.1. The van der Waals surface area contributed by atoms with E-state index in [2.05, 4.69) is 41.8 Å². The van der Waals surface area contributed by atoms with Crippen molar-refractivity contribution >= 4 is 16.0 Å². The molecule has 0 saturated heterocycles. The number of alkyl halides is 3. The minimum absolute atomic E-state index is 0.532. The van der Waals surface area contributed by atoms with Gasteiger partial charge in [0.15, 0.2) is 0 Å². The Morgan fingerprint density at radius 2 is 1.43 bits per heavy atom. The third kappa shape index (κ3) is 14.3. The van der Waals surface area contributed by atoms with E-state index < -0.39 is 15.5 Å². The maximum atomic E-state index is 11.2. The van der Waals surface area contributed by atoms with Crippen LogP contribution in [0.15, 0.2) is 23.1 Å². The van der Waals surface area contributed by atoms with Gasteiger partial charge < -0.3 is 9.81 Å². The fourth-order valence-corrected chi connectivity index (χ4v) is 3.09. The van der Waals surface area contributed by atoms with Crippen LogP contribution in [0.2, 0.25) is 0 Å². The minimum Gasteiger partial charge on any atom is -0.422 e. The molecule has 0 saturated carbocycles. The summed E-state index contributed by atoms with van der Waals surface area (Å²) in [4.78, 5) is 0. The number of unbranched alkanes of at least 4 members (excludes halogenated alkanes) is 11. The van der Waals surface area contributed by atoms with Gasteiger partial charge in [-0.05, 0) is 12.8 Å². The summed E-state index contributed by atoms with van der Waals surface area (Å²) < 4.78 is 59.1. The van der Waals surface area contributed by atoms with Crippen LogP contribution in [0, 0.1) is 0 Å². The van der Waals surface area contributed by atoms with Gasteiger partial charge in [0.2, 0.25) is 6.33 Å². The normalized spacial score (nSPS) is 11.5. The highest BCUT2D eigenvalue weighted by Crippen LogP contribution is 2.23. The highest BCUT2D eigenvalue weighted by atomic mass is 32.2. The number of imidazole rings is 1. The molecule has 0 fully saturated rings. The summed E-state index contributed by atoms with van der Waals surface area (Å²) in [5.41, 5.74) is -5.47. The highest BCUT2D eigenvalue weighted by molar-refractivity contribution is 7.91. The molecular formula is C20H35F3N4O2S. The van der Waals surface area contributed by atoms with Crippen molar-refractivity contribution in [3.63, 3.8) is 0 Å². The van der Waals surface area contributed by atoms with Gasteiger partial charge in [-0.2, -0.15) is 13.2 Å². The van der Waals surface area contributed by atoms with Crippen molar-refractivity contribution in [1.82, 2.24) is 4.57 Å². The molecule has 10 heteroatoms. The Balaban J connectivity index is 0.000000710. The summed E-state index contributed by atoms with van der Waals surface area (Å²) in [5.74, 6) is 0. The average molecular weight is 453 g/mol. The second-order valence-corrected chi connectivity index (χ2v) is 8.91. The Morgan fingerprint density at radius 1 is 0.967 bits per heavy atom. The summed E-state index contributed by atoms with van der Waals surface area (Å²) >= 11 is 0. The predicted octanol–water partition coefficient (Wildman–Crippen LogP) is 5.59. The molecule has 0 aromatic carbocycles. The van der Waals surface area contributed by atoms with Crippen LogP contribution in [-0.2, 0) is 23.6 Å². The minimum atomic E-state index is -5.58. The lowest BCUT2D eigenvalue weighted by Crippen LogP contribution is -2.23. The van der Waals surface area contributed by atoms with Crippen LogP contribution in [0.3, 0.4) is 0 Å². The molecule has 0 aliphatic rings. The topological polar surface area (TPSA) is 77.6 Å². The molecule has 30 heavy (non-hydrogen) atoms. The molecule has 0 bridgehead atoms. The van der Waals surface area contributed by atoms with Gasteiger partial charge in [0.1, 0.15) is 12.4 Å². The van der Waals surface area contributed by atoms with Gasteiger partial charge in [0, 0.05) is 0 Å². The lowest BCUT2D eigenvalue weighted by Gasteiger charge is -2.04. The molecule has 6 nitrogen and oxygen atoms in total. The molecule has 1 aromatic heterocycles. The summed E-state index contributed by atoms with van der Waals surface area (Å²) in [5, 5.41) is 7.47.